The van der Waals surface area contributed by atoms with Gasteiger partial charge >= 0.3 is 7.12 Å². The molecule has 0 unspecified atom stereocenters. The summed E-state index contributed by atoms with van der Waals surface area (Å²) >= 11 is 6.22. The van der Waals surface area contributed by atoms with Crippen molar-refractivity contribution in [1.82, 2.24) is 4.98 Å². The lowest BCUT2D eigenvalue weighted by Crippen LogP contribution is -2.31. The van der Waals surface area contributed by atoms with Crippen molar-refractivity contribution in [2.24, 2.45) is 0 Å². The first-order valence-corrected chi connectivity index (χ1v) is 12.7. The molecule has 0 amide bonds. The predicted octanol–water partition coefficient (Wildman–Crippen LogP) is 5.53. The number of rotatable bonds is 5. The molecule has 2 aliphatic rings. The van der Waals surface area contributed by atoms with Crippen molar-refractivity contribution in [3.05, 3.63) is 85.6 Å². The van der Waals surface area contributed by atoms with E-state index in [-0.39, 0.29) is 34.3 Å². The van der Waals surface area contributed by atoms with Crippen LogP contribution in [0.5, 0.6) is 0 Å². The van der Waals surface area contributed by atoms with Gasteiger partial charge in [-0.2, -0.15) is 0 Å². The highest BCUT2D eigenvalue weighted by atomic mass is 35.5. The first kappa shape index (κ1) is 24.2. The highest BCUT2D eigenvalue weighted by molar-refractivity contribution is 6.61. The molecule has 188 valence electrons. The highest BCUT2D eigenvalue weighted by Crippen LogP contribution is 2.43. The van der Waals surface area contributed by atoms with Crippen LogP contribution in [-0.2, 0) is 11.3 Å². The summed E-state index contributed by atoms with van der Waals surface area (Å²) in [6, 6.07) is 10.3. The number of nitrogens with zero attached hydrogens (tertiary/aromatic N) is 1. The number of benzene rings is 2. The van der Waals surface area contributed by atoms with E-state index in [1.54, 1.807) is 24.3 Å². The second kappa shape index (κ2) is 8.98. The Morgan fingerprint density at radius 1 is 1.22 bits per heavy atom. The smallest absolute Gasteiger partial charge is 0.460 e. The van der Waals surface area contributed by atoms with Crippen molar-refractivity contribution in [2.45, 2.75) is 52.2 Å². The minimum Gasteiger partial charge on any atom is -0.460 e. The zero-order chi connectivity index (χ0) is 26.0. The average molecular weight is 519 g/mol. The largest absolute Gasteiger partial charge is 0.494 e. The second-order valence-electron chi connectivity index (χ2n) is 9.98. The number of aromatic nitrogens is 1. The molecule has 2 aromatic heterocycles. The van der Waals surface area contributed by atoms with Gasteiger partial charge in [-0.1, -0.05) is 23.7 Å². The van der Waals surface area contributed by atoms with Gasteiger partial charge in [0.05, 0.1) is 29.4 Å². The van der Waals surface area contributed by atoms with Gasteiger partial charge < -0.3 is 19.4 Å². The first-order chi connectivity index (χ1) is 17.7. The van der Waals surface area contributed by atoms with E-state index in [4.69, 9.17) is 20.7 Å². The molecule has 9 heteroatoms. The summed E-state index contributed by atoms with van der Waals surface area (Å²) in [6.07, 6.45) is 2.05. The number of fused-ring (bicyclic) bond motifs is 2. The third kappa shape index (κ3) is 4.13. The predicted molar refractivity (Wildman–Crippen MR) is 143 cm³/mol. The fourth-order valence-corrected chi connectivity index (χ4v) is 5.32. The topological polar surface area (TPSA) is 84.6 Å². The summed E-state index contributed by atoms with van der Waals surface area (Å²) in [5, 5.41) is 14.3. The van der Waals surface area contributed by atoms with Crippen LogP contribution in [0.4, 0.5) is 10.1 Å². The lowest BCUT2D eigenvalue weighted by molar-refractivity contribution is 0.275. The van der Waals surface area contributed by atoms with Crippen molar-refractivity contribution in [1.29, 1.82) is 0 Å². The molecule has 1 fully saturated rings. The molecule has 6 nitrogen and oxygen atoms in total. The monoisotopic (exact) mass is 518 g/mol. The summed E-state index contributed by atoms with van der Waals surface area (Å²) in [5.74, 6) is 0.470. The van der Waals surface area contributed by atoms with Gasteiger partial charge in [-0.15, -0.1) is 0 Å². The third-order valence-corrected chi connectivity index (χ3v) is 7.46. The molecule has 0 radical (unpaired) electrons. The van der Waals surface area contributed by atoms with E-state index in [1.807, 2.05) is 32.9 Å². The van der Waals surface area contributed by atoms with E-state index < -0.39 is 12.9 Å². The molecule has 6 rings (SSSR count). The molecule has 2 aromatic carbocycles. The van der Waals surface area contributed by atoms with Crippen LogP contribution in [0.25, 0.3) is 22.2 Å². The second-order valence-corrected chi connectivity index (χ2v) is 10.4. The Bertz CT molecular complexity index is 1640. The molecule has 0 saturated heterocycles. The SMILES string of the molecule is Cc1cc([C@H](C)Nc2ccc(Cl)nc2-c2ccc3c(c2F)B(O)OC3)c2oc(C3CC3)c(C)c(=O)c2c1. The summed E-state index contributed by atoms with van der Waals surface area (Å²) in [6.45, 7) is 5.88. The zero-order valence-corrected chi connectivity index (χ0v) is 21.4. The van der Waals surface area contributed by atoms with E-state index in [9.17, 15) is 9.82 Å². The van der Waals surface area contributed by atoms with Gasteiger partial charge in [0.2, 0.25) is 0 Å². The van der Waals surface area contributed by atoms with Gasteiger partial charge in [0.1, 0.15) is 22.3 Å². The fraction of sp³-hybridized carbons (Fsp3) is 0.286. The minimum absolute atomic E-state index is 0.00450. The quantitative estimate of drug-likeness (QED) is 0.267. The third-order valence-electron chi connectivity index (χ3n) is 7.25. The summed E-state index contributed by atoms with van der Waals surface area (Å²) in [5.41, 5.74) is 4.79. The molecule has 4 aromatic rings. The summed E-state index contributed by atoms with van der Waals surface area (Å²) in [4.78, 5) is 17.6. The molecule has 2 N–H and O–H groups in total. The number of aryl methyl sites for hydroxylation is 1. The number of pyridine rings is 1. The first-order valence-electron chi connectivity index (χ1n) is 12.3. The van der Waals surface area contributed by atoms with Gasteiger partial charge in [-0.3, -0.25) is 4.79 Å². The van der Waals surface area contributed by atoms with Crippen LogP contribution in [0.15, 0.2) is 45.6 Å². The van der Waals surface area contributed by atoms with Crippen LogP contribution in [0.1, 0.15) is 59.7 Å². The van der Waals surface area contributed by atoms with Crippen LogP contribution >= 0.6 is 11.6 Å². The molecule has 0 bridgehead atoms. The van der Waals surface area contributed by atoms with E-state index in [1.165, 1.54) is 0 Å². The van der Waals surface area contributed by atoms with Crippen molar-refractivity contribution in [3.8, 4) is 11.3 Å². The molecule has 1 aliphatic heterocycles. The number of nitrogens with one attached hydrogen (secondary N) is 1. The molecular formula is C28H25BClFN2O4. The molecular weight excluding hydrogens is 494 g/mol. The molecule has 1 aliphatic carbocycles. The van der Waals surface area contributed by atoms with E-state index in [0.717, 1.165) is 29.7 Å². The van der Waals surface area contributed by atoms with Gasteiger partial charge in [0, 0.05) is 28.1 Å². The number of anilines is 1. The van der Waals surface area contributed by atoms with Crippen molar-refractivity contribution >= 4 is 40.8 Å². The lowest BCUT2D eigenvalue weighted by Gasteiger charge is -2.21. The minimum atomic E-state index is -1.32. The zero-order valence-electron chi connectivity index (χ0n) is 20.7. The fourth-order valence-electron chi connectivity index (χ4n) is 5.17. The van der Waals surface area contributed by atoms with Gasteiger partial charge in [0.15, 0.2) is 5.43 Å². The molecule has 37 heavy (non-hydrogen) atoms. The number of hydrogen-bond acceptors (Lipinski definition) is 6. The van der Waals surface area contributed by atoms with Crippen LogP contribution in [0, 0.1) is 19.7 Å². The van der Waals surface area contributed by atoms with Crippen LogP contribution in [0.2, 0.25) is 5.15 Å². The Morgan fingerprint density at radius 2 is 2.00 bits per heavy atom. The maximum absolute atomic E-state index is 15.6. The Morgan fingerprint density at radius 3 is 2.76 bits per heavy atom. The van der Waals surface area contributed by atoms with Crippen molar-refractivity contribution in [2.75, 3.05) is 5.32 Å². The Balaban J connectivity index is 1.45. The maximum Gasteiger partial charge on any atom is 0.494 e. The highest BCUT2D eigenvalue weighted by Gasteiger charge is 2.33. The molecule has 3 heterocycles. The normalized spacial score (nSPS) is 15.8. The number of halogens is 2. The number of hydrogen-bond donors (Lipinski definition) is 2. The van der Waals surface area contributed by atoms with E-state index in [2.05, 4.69) is 10.3 Å². The van der Waals surface area contributed by atoms with E-state index >= 15 is 4.39 Å². The molecule has 1 saturated carbocycles. The van der Waals surface area contributed by atoms with E-state index in [0.29, 0.717) is 39.4 Å². The molecule has 1 atom stereocenters. The Hall–Kier alpha value is -3.20. The van der Waals surface area contributed by atoms with Crippen molar-refractivity contribution < 1.29 is 18.5 Å². The van der Waals surface area contributed by atoms with Crippen molar-refractivity contribution in [3.63, 3.8) is 0 Å². The standard InChI is InChI=1S/C28H25BClFN2O4/c1-13-10-19(28-20(11-13)26(34)14(2)27(37-28)16-4-5-16)15(3)32-21-8-9-22(30)33-25(21)18-7-6-17-12-36-29(35)23(17)24(18)31/h6-11,15-16,32,35H,4-5,12H2,1-3H3/t15-/m0/s1. The average Bonchev–Trinajstić information content (AvgIpc) is 3.64. The Kier molecular flexibility index (Phi) is 5.86. The summed E-state index contributed by atoms with van der Waals surface area (Å²) < 4.78 is 27.1. The van der Waals surface area contributed by atoms with Gasteiger partial charge in [-0.05, 0) is 69.0 Å². The Labute approximate surface area is 218 Å². The molecule has 0 spiro atoms. The van der Waals surface area contributed by atoms with Gasteiger partial charge in [0.25, 0.3) is 0 Å². The van der Waals surface area contributed by atoms with Gasteiger partial charge in [-0.25, -0.2) is 9.37 Å². The maximum atomic E-state index is 15.6. The van der Waals surface area contributed by atoms with Crippen LogP contribution in [0.3, 0.4) is 0 Å². The van der Waals surface area contributed by atoms with Crippen LogP contribution < -0.4 is 16.2 Å². The van der Waals surface area contributed by atoms with Crippen LogP contribution in [-0.4, -0.2) is 17.1 Å². The summed E-state index contributed by atoms with van der Waals surface area (Å²) in [7, 11) is -1.32. The lowest BCUT2D eigenvalue weighted by atomic mass is 9.77.